The van der Waals surface area contributed by atoms with E-state index in [1.54, 1.807) is 13.2 Å². The Bertz CT molecular complexity index is 518. The Hall–Kier alpha value is -2.04. The first-order valence-corrected chi connectivity index (χ1v) is 4.85. The number of hydrogen-bond acceptors (Lipinski definition) is 4. The minimum atomic E-state index is -0.854. The third-order valence-electron chi connectivity index (χ3n) is 2.33. The predicted octanol–water partition coefficient (Wildman–Crippen LogP) is 1.85. The summed E-state index contributed by atoms with van der Waals surface area (Å²) in [4.78, 5) is 10.5. The Balaban J connectivity index is 2.37. The molecule has 16 heavy (non-hydrogen) atoms. The standard InChI is InChI=1S/C11H11NO4/c1-15-9-4-2-3-7-8(5-6-10(13)14)16-12-11(7)9/h2-4H,5-6H2,1H3,(H,13,14). The average molecular weight is 221 g/mol. The van der Waals surface area contributed by atoms with E-state index in [1.807, 2.05) is 12.1 Å². The molecule has 5 heteroatoms. The van der Waals surface area contributed by atoms with Gasteiger partial charge in [0.15, 0.2) is 5.52 Å². The lowest BCUT2D eigenvalue weighted by Gasteiger charge is -1.98. The number of ether oxygens (including phenoxy) is 1. The topological polar surface area (TPSA) is 72.6 Å². The Labute approximate surface area is 91.6 Å². The SMILES string of the molecule is COc1cccc2c(CCC(=O)O)onc12. The summed E-state index contributed by atoms with van der Waals surface area (Å²) in [5, 5.41) is 13.3. The Morgan fingerprint density at radius 3 is 3.06 bits per heavy atom. The maximum absolute atomic E-state index is 10.5. The predicted molar refractivity (Wildman–Crippen MR) is 56.5 cm³/mol. The molecule has 0 aliphatic carbocycles. The molecular weight excluding hydrogens is 210 g/mol. The lowest BCUT2D eigenvalue weighted by Crippen LogP contribution is -1.96. The molecule has 1 aromatic heterocycles. The number of carbonyl (C=O) groups is 1. The van der Waals surface area contributed by atoms with Gasteiger partial charge in [-0.2, -0.15) is 0 Å². The number of carboxylic acid groups (broad SMARTS) is 1. The molecule has 0 saturated heterocycles. The highest BCUT2D eigenvalue weighted by Gasteiger charge is 2.12. The molecule has 84 valence electrons. The van der Waals surface area contributed by atoms with Crippen LogP contribution < -0.4 is 4.74 Å². The van der Waals surface area contributed by atoms with Crippen molar-refractivity contribution < 1.29 is 19.2 Å². The third-order valence-corrected chi connectivity index (χ3v) is 2.33. The minimum absolute atomic E-state index is 0.0293. The first-order valence-electron chi connectivity index (χ1n) is 4.85. The molecule has 0 aliphatic heterocycles. The van der Waals surface area contributed by atoms with E-state index in [9.17, 15) is 4.79 Å². The third kappa shape index (κ3) is 1.84. The summed E-state index contributed by atoms with van der Waals surface area (Å²) < 4.78 is 10.2. The summed E-state index contributed by atoms with van der Waals surface area (Å²) in [5.41, 5.74) is 0.630. The van der Waals surface area contributed by atoms with Gasteiger partial charge in [0.2, 0.25) is 0 Å². The van der Waals surface area contributed by atoms with Gasteiger partial charge >= 0.3 is 5.97 Å². The van der Waals surface area contributed by atoms with Crippen molar-refractivity contribution in [3.63, 3.8) is 0 Å². The Morgan fingerprint density at radius 2 is 2.38 bits per heavy atom. The van der Waals surface area contributed by atoms with Gasteiger partial charge in [-0.1, -0.05) is 11.2 Å². The molecule has 0 fully saturated rings. The normalized spacial score (nSPS) is 10.6. The smallest absolute Gasteiger partial charge is 0.303 e. The van der Waals surface area contributed by atoms with Crippen LogP contribution in [-0.2, 0) is 11.2 Å². The zero-order valence-electron chi connectivity index (χ0n) is 8.77. The fourth-order valence-electron chi connectivity index (χ4n) is 1.56. The number of aromatic nitrogens is 1. The van der Waals surface area contributed by atoms with Crippen LogP contribution in [0.2, 0.25) is 0 Å². The molecular formula is C11H11NO4. The molecule has 1 heterocycles. The van der Waals surface area contributed by atoms with E-state index < -0.39 is 5.97 Å². The largest absolute Gasteiger partial charge is 0.494 e. The highest BCUT2D eigenvalue weighted by molar-refractivity contribution is 5.86. The molecule has 0 amide bonds. The van der Waals surface area contributed by atoms with Gasteiger partial charge < -0.3 is 14.4 Å². The number of fused-ring (bicyclic) bond motifs is 1. The van der Waals surface area contributed by atoms with E-state index >= 15 is 0 Å². The van der Waals surface area contributed by atoms with E-state index in [-0.39, 0.29) is 6.42 Å². The first-order chi connectivity index (χ1) is 7.72. The highest BCUT2D eigenvalue weighted by Crippen LogP contribution is 2.27. The van der Waals surface area contributed by atoms with Gasteiger partial charge in [-0.3, -0.25) is 4.79 Å². The number of methoxy groups -OCH3 is 1. The van der Waals surface area contributed by atoms with E-state index in [1.165, 1.54) is 0 Å². The molecule has 1 N–H and O–H groups in total. The molecule has 0 aliphatic rings. The molecule has 2 rings (SSSR count). The van der Waals surface area contributed by atoms with Crippen LogP contribution in [0.3, 0.4) is 0 Å². The van der Waals surface area contributed by atoms with E-state index in [4.69, 9.17) is 14.4 Å². The molecule has 0 unspecified atom stereocenters. The number of hydrogen-bond donors (Lipinski definition) is 1. The molecule has 2 aromatic rings. The number of aliphatic carboxylic acids is 1. The number of carboxylic acids is 1. The molecule has 0 radical (unpaired) electrons. The Kier molecular flexibility index (Phi) is 2.76. The van der Waals surface area contributed by atoms with Gasteiger partial charge in [0.1, 0.15) is 11.5 Å². The molecule has 0 atom stereocenters. The van der Waals surface area contributed by atoms with Crippen LogP contribution in [0.1, 0.15) is 12.2 Å². The van der Waals surface area contributed by atoms with Gasteiger partial charge in [0.05, 0.1) is 13.5 Å². The first kappa shape index (κ1) is 10.5. The van der Waals surface area contributed by atoms with Gasteiger partial charge in [0.25, 0.3) is 0 Å². The fourth-order valence-corrected chi connectivity index (χ4v) is 1.56. The molecule has 1 aromatic carbocycles. The van der Waals surface area contributed by atoms with E-state index in [2.05, 4.69) is 5.16 Å². The fraction of sp³-hybridized carbons (Fsp3) is 0.273. The van der Waals surface area contributed by atoms with Crippen molar-refractivity contribution in [1.82, 2.24) is 5.16 Å². The Morgan fingerprint density at radius 1 is 1.56 bits per heavy atom. The van der Waals surface area contributed by atoms with E-state index in [0.29, 0.717) is 23.4 Å². The summed E-state index contributed by atoms with van der Waals surface area (Å²) in [6.45, 7) is 0. The number of aryl methyl sites for hydroxylation is 1. The second kappa shape index (κ2) is 4.22. The van der Waals surface area contributed by atoms with Gasteiger partial charge in [-0.15, -0.1) is 0 Å². The van der Waals surface area contributed by atoms with Crippen LogP contribution in [0.25, 0.3) is 10.9 Å². The van der Waals surface area contributed by atoms with Crippen LogP contribution in [0, 0.1) is 0 Å². The van der Waals surface area contributed by atoms with Crippen molar-refractivity contribution in [3.05, 3.63) is 24.0 Å². The van der Waals surface area contributed by atoms with Crippen molar-refractivity contribution >= 4 is 16.9 Å². The zero-order valence-corrected chi connectivity index (χ0v) is 8.77. The monoisotopic (exact) mass is 221 g/mol. The van der Waals surface area contributed by atoms with Crippen LogP contribution in [0.5, 0.6) is 5.75 Å². The van der Waals surface area contributed by atoms with Gasteiger partial charge in [0, 0.05) is 11.8 Å². The highest BCUT2D eigenvalue weighted by atomic mass is 16.5. The average Bonchev–Trinajstić information content (AvgIpc) is 2.69. The lowest BCUT2D eigenvalue weighted by atomic mass is 10.1. The van der Waals surface area contributed by atoms with Crippen molar-refractivity contribution in [3.8, 4) is 5.75 Å². The summed E-state index contributed by atoms with van der Waals surface area (Å²) >= 11 is 0. The summed E-state index contributed by atoms with van der Waals surface area (Å²) in [6.07, 6.45) is 0.362. The van der Waals surface area contributed by atoms with Crippen LogP contribution in [0.15, 0.2) is 22.7 Å². The van der Waals surface area contributed by atoms with Crippen LogP contribution in [0.4, 0.5) is 0 Å². The molecule has 5 nitrogen and oxygen atoms in total. The maximum Gasteiger partial charge on any atom is 0.303 e. The summed E-state index contributed by atoms with van der Waals surface area (Å²) in [5.74, 6) is 0.353. The second-order valence-corrected chi connectivity index (χ2v) is 3.36. The molecule has 0 bridgehead atoms. The number of benzene rings is 1. The number of rotatable bonds is 4. The maximum atomic E-state index is 10.5. The quantitative estimate of drug-likeness (QED) is 0.852. The van der Waals surface area contributed by atoms with Crippen molar-refractivity contribution in [1.29, 1.82) is 0 Å². The van der Waals surface area contributed by atoms with Crippen molar-refractivity contribution in [2.75, 3.05) is 7.11 Å². The molecule has 0 spiro atoms. The van der Waals surface area contributed by atoms with Crippen LogP contribution >= 0.6 is 0 Å². The lowest BCUT2D eigenvalue weighted by molar-refractivity contribution is -0.137. The zero-order chi connectivity index (χ0) is 11.5. The van der Waals surface area contributed by atoms with Gasteiger partial charge in [-0.25, -0.2) is 0 Å². The summed E-state index contributed by atoms with van der Waals surface area (Å²) in [6, 6.07) is 5.44. The summed E-state index contributed by atoms with van der Waals surface area (Å²) in [7, 11) is 1.56. The van der Waals surface area contributed by atoms with Crippen LogP contribution in [-0.4, -0.2) is 23.3 Å². The second-order valence-electron chi connectivity index (χ2n) is 3.36. The van der Waals surface area contributed by atoms with E-state index in [0.717, 1.165) is 5.39 Å². The van der Waals surface area contributed by atoms with Crippen molar-refractivity contribution in [2.24, 2.45) is 0 Å². The minimum Gasteiger partial charge on any atom is -0.494 e. The molecule has 0 saturated carbocycles. The van der Waals surface area contributed by atoms with Crippen molar-refractivity contribution in [2.45, 2.75) is 12.8 Å². The number of nitrogens with zero attached hydrogens (tertiary/aromatic N) is 1. The van der Waals surface area contributed by atoms with Gasteiger partial charge in [-0.05, 0) is 12.1 Å².